The van der Waals surface area contributed by atoms with Gasteiger partial charge >= 0.3 is 12.1 Å². The summed E-state index contributed by atoms with van der Waals surface area (Å²) < 4.78 is 10.5. The molecule has 0 heterocycles. The van der Waals surface area contributed by atoms with Crippen LogP contribution in [-0.2, 0) is 44.8 Å². The summed E-state index contributed by atoms with van der Waals surface area (Å²) in [5, 5.41) is 10.6. The van der Waals surface area contributed by atoms with Crippen molar-refractivity contribution in [2.75, 3.05) is 13.2 Å². The van der Waals surface area contributed by atoms with Crippen molar-refractivity contribution in [3.05, 3.63) is 35.9 Å². The largest absolute Gasteiger partial charge is 0.464 e. The molecule has 1 fully saturated rings. The van der Waals surface area contributed by atoms with Crippen molar-refractivity contribution in [3.8, 4) is 0 Å². The maximum atomic E-state index is 13.8. The van der Waals surface area contributed by atoms with Crippen LogP contribution in [0.5, 0.6) is 0 Å². The van der Waals surface area contributed by atoms with E-state index in [1.807, 2.05) is 44.2 Å². The first-order chi connectivity index (χ1) is 23.7. The number of esters is 1. The van der Waals surface area contributed by atoms with Gasteiger partial charge in [0, 0.05) is 13.0 Å². The molecule has 5 atom stereocenters. The number of nitrogens with one attached hydrogen (secondary N) is 4. The molecule has 1 aromatic rings. The molecule has 2 rings (SSSR count). The number of carbonyl (C=O) groups is 7. The molecule has 8 N–H and O–H groups in total. The van der Waals surface area contributed by atoms with Crippen molar-refractivity contribution >= 4 is 41.5 Å². The lowest BCUT2D eigenvalue weighted by atomic mass is 9.83. The van der Waals surface area contributed by atoms with Gasteiger partial charge in [-0.05, 0) is 76.7 Å². The molecule has 5 amide bonds. The number of nitrogens with two attached hydrogens (primary N) is 2. The fourth-order valence-electron chi connectivity index (χ4n) is 6.00. The number of rotatable bonds is 21. The van der Waals surface area contributed by atoms with Gasteiger partial charge in [-0.15, -0.1) is 0 Å². The Kier molecular flexibility index (Phi) is 17.4. The van der Waals surface area contributed by atoms with Crippen molar-refractivity contribution in [2.45, 2.75) is 116 Å². The number of alkyl carbamates (subject to hydrolysis) is 1. The normalized spacial score (nSPS) is 18.6. The van der Waals surface area contributed by atoms with Crippen LogP contribution in [0.1, 0.15) is 91.0 Å². The van der Waals surface area contributed by atoms with E-state index in [1.165, 1.54) is 6.92 Å². The van der Waals surface area contributed by atoms with Gasteiger partial charge in [0.05, 0.1) is 18.6 Å². The van der Waals surface area contributed by atoms with Gasteiger partial charge < -0.3 is 42.2 Å². The first-order valence-corrected chi connectivity index (χ1v) is 17.3. The zero-order chi connectivity index (χ0) is 37.3. The zero-order valence-electron chi connectivity index (χ0n) is 29.6. The molecule has 15 heteroatoms. The minimum atomic E-state index is -1.64. The van der Waals surface area contributed by atoms with Crippen molar-refractivity contribution in [2.24, 2.45) is 23.3 Å². The number of hydrogen-bond donors (Lipinski definition) is 6. The number of amides is 5. The molecule has 0 saturated heterocycles. The van der Waals surface area contributed by atoms with Gasteiger partial charge in [0.2, 0.25) is 23.6 Å². The number of primary amides is 1. The maximum absolute atomic E-state index is 13.8. The van der Waals surface area contributed by atoms with Crippen LogP contribution in [-0.4, -0.2) is 78.3 Å². The average molecular weight is 703 g/mol. The van der Waals surface area contributed by atoms with E-state index in [2.05, 4.69) is 21.3 Å². The van der Waals surface area contributed by atoms with Crippen molar-refractivity contribution < 1.29 is 43.0 Å². The molecule has 0 bridgehead atoms. The van der Waals surface area contributed by atoms with E-state index >= 15 is 0 Å². The molecule has 1 aliphatic carbocycles. The van der Waals surface area contributed by atoms with Gasteiger partial charge in [-0.25, -0.2) is 9.59 Å². The molecular formula is C35H54N6O9. The van der Waals surface area contributed by atoms with E-state index in [1.54, 1.807) is 6.92 Å². The number of ether oxygens (including phenoxy) is 2. The predicted molar refractivity (Wildman–Crippen MR) is 184 cm³/mol. The Labute approximate surface area is 293 Å². The van der Waals surface area contributed by atoms with E-state index in [0.29, 0.717) is 32.1 Å². The van der Waals surface area contributed by atoms with E-state index < -0.39 is 65.3 Å². The molecule has 2 unspecified atom stereocenters. The van der Waals surface area contributed by atoms with Crippen LogP contribution < -0.4 is 32.7 Å². The fourth-order valence-corrected chi connectivity index (χ4v) is 6.00. The molecule has 15 nitrogen and oxygen atoms in total. The lowest BCUT2D eigenvalue weighted by molar-refractivity contribution is -0.157. The smallest absolute Gasteiger partial charge is 0.407 e. The number of Topliss-reactive ketones (excluding diaryl/α,β-unsaturated/α-hetero) is 1. The average Bonchev–Trinajstić information content (AvgIpc) is 3.50. The van der Waals surface area contributed by atoms with Crippen LogP contribution in [0.3, 0.4) is 0 Å². The fraction of sp³-hybridized carbons (Fsp3) is 0.629. The molecular weight excluding hydrogens is 648 g/mol. The molecule has 278 valence electrons. The van der Waals surface area contributed by atoms with E-state index in [0.717, 1.165) is 5.56 Å². The molecule has 1 aromatic carbocycles. The number of ketones is 1. The summed E-state index contributed by atoms with van der Waals surface area (Å²) in [6, 6.07) is 5.82. The standard InChI is InChI=1S/C35H54N6O9/c1-5-49-33(47)35(18-11-14-25(35)23(4)42)41-32(46)28(16-17-29(37)43)40-31(45)27(39-30(44)26(36)20-22(2)3)15-9-10-19-38-34(48)50-21-24-12-7-6-8-13-24/h6-8,12-13,22,25-28H,5,9-11,14-21,36H2,1-4H3,(H2,37,43)(H,38,48)(H,39,44)(H,40,45)(H,41,46)/t25?,26-,27-,28-,35?/m0/s1. The third-order valence-corrected chi connectivity index (χ3v) is 8.54. The molecule has 0 radical (unpaired) electrons. The van der Waals surface area contributed by atoms with Crippen LogP contribution in [0, 0.1) is 11.8 Å². The molecule has 1 aliphatic rings. The SMILES string of the molecule is CCOC(=O)C1(NC(=O)[C@H](CCC(N)=O)NC(=O)[C@H](CCCCNC(=O)OCc2ccccc2)NC(=O)[C@@H](N)CC(C)C)CCCC1C(C)=O. The Bertz CT molecular complexity index is 1320. The van der Waals surface area contributed by atoms with Gasteiger partial charge in [0.15, 0.2) is 0 Å². The van der Waals surface area contributed by atoms with E-state index in [-0.39, 0.29) is 57.1 Å². The van der Waals surface area contributed by atoms with Gasteiger partial charge in [-0.3, -0.25) is 24.0 Å². The summed E-state index contributed by atoms with van der Waals surface area (Å²) in [5.74, 6) is -4.60. The van der Waals surface area contributed by atoms with Crippen molar-refractivity contribution in [1.29, 1.82) is 0 Å². The minimum absolute atomic E-state index is 0.0215. The second-order valence-electron chi connectivity index (χ2n) is 13.1. The Morgan fingerprint density at radius 1 is 0.920 bits per heavy atom. The highest BCUT2D eigenvalue weighted by atomic mass is 16.5. The highest BCUT2D eigenvalue weighted by Crippen LogP contribution is 2.38. The predicted octanol–water partition coefficient (Wildman–Crippen LogP) is 1.50. The molecule has 0 aromatic heterocycles. The summed E-state index contributed by atoms with van der Waals surface area (Å²) in [5.41, 5.74) is 10.6. The first kappa shape index (κ1) is 41.6. The highest BCUT2D eigenvalue weighted by Gasteiger charge is 2.54. The lowest BCUT2D eigenvalue weighted by Crippen LogP contribution is -2.63. The van der Waals surface area contributed by atoms with Crippen LogP contribution in [0.2, 0.25) is 0 Å². The summed E-state index contributed by atoms with van der Waals surface area (Å²) in [7, 11) is 0. The number of carbonyl (C=O) groups excluding carboxylic acids is 7. The van der Waals surface area contributed by atoms with Gasteiger partial charge in [-0.1, -0.05) is 44.2 Å². The van der Waals surface area contributed by atoms with E-state index in [9.17, 15) is 33.6 Å². The first-order valence-electron chi connectivity index (χ1n) is 17.3. The van der Waals surface area contributed by atoms with Crippen molar-refractivity contribution in [1.82, 2.24) is 21.3 Å². The summed E-state index contributed by atoms with van der Waals surface area (Å²) in [4.78, 5) is 90.0. The molecule has 1 saturated carbocycles. The van der Waals surface area contributed by atoms with Gasteiger partial charge in [0.25, 0.3) is 0 Å². The van der Waals surface area contributed by atoms with Crippen LogP contribution >= 0.6 is 0 Å². The van der Waals surface area contributed by atoms with Crippen LogP contribution in [0.4, 0.5) is 4.79 Å². The Balaban J connectivity index is 2.16. The molecule has 0 spiro atoms. The third kappa shape index (κ3) is 13.4. The van der Waals surface area contributed by atoms with Gasteiger partial charge in [-0.2, -0.15) is 0 Å². The Hall–Kier alpha value is -4.53. The molecule has 50 heavy (non-hydrogen) atoms. The zero-order valence-corrected chi connectivity index (χ0v) is 29.6. The second kappa shape index (κ2) is 20.9. The Morgan fingerprint density at radius 2 is 1.58 bits per heavy atom. The van der Waals surface area contributed by atoms with Crippen molar-refractivity contribution in [3.63, 3.8) is 0 Å². The quantitative estimate of drug-likeness (QED) is 0.0797. The number of unbranched alkanes of at least 4 members (excludes halogenated alkanes) is 1. The van der Waals surface area contributed by atoms with E-state index in [4.69, 9.17) is 20.9 Å². The number of hydrogen-bond acceptors (Lipinski definition) is 10. The lowest BCUT2D eigenvalue weighted by Gasteiger charge is -2.34. The topological polar surface area (TPSA) is 238 Å². The molecule has 0 aliphatic heterocycles. The van der Waals surface area contributed by atoms with Crippen LogP contribution in [0.15, 0.2) is 30.3 Å². The Morgan fingerprint density at radius 3 is 2.20 bits per heavy atom. The second-order valence-corrected chi connectivity index (χ2v) is 13.1. The maximum Gasteiger partial charge on any atom is 0.407 e. The monoisotopic (exact) mass is 702 g/mol. The summed E-state index contributed by atoms with van der Waals surface area (Å²) >= 11 is 0. The van der Waals surface area contributed by atoms with Crippen LogP contribution in [0.25, 0.3) is 0 Å². The number of benzene rings is 1. The van der Waals surface area contributed by atoms with Gasteiger partial charge in [0.1, 0.15) is 30.0 Å². The summed E-state index contributed by atoms with van der Waals surface area (Å²) in [6.45, 7) is 7.12. The third-order valence-electron chi connectivity index (χ3n) is 8.54. The minimum Gasteiger partial charge on any atom is -0.464 e. The summed E-state index contributed by atoms with van der Waals surface area (Å²) in [6.07, 6.45) is 1.19. The highest BCUT2D eigenvalue weighted by molar-refractivity contribution is 5.98.